The zero-order valence-corrected chi connectivity index (χ0v) is 16.6. The molecule has 0 spiro atoms. The molecular weight excluding hydrogens is 368 g/mol. The van der Waals surface area contributed by atoms with Gasteiger partial charge >= 0.3 is 0 Å². The van der Waals surface area contributed by atoms with E-state index >= 15 is 0 Å². The summed E-state index contributed by atoms with van der Waals surface area (Å²) in [6, 6.07) is 8.43. The minimum absolute atomic E-state index is 0.568. The third kappa shape index (κ3) is 4.42. The molecule has 2 heterocycles. The maximum Gasteiger partial charge on any atom is 0.173 e. The van der Waals surface area contributed by atoms with Gasteiger partial charge in [0.05, 0.1) is 41.9 Å². The zero-order valence-electron chi connectivity index (χ0n) is 15.0. The largest absolute Gasteiger partial charge is 0.346 e. The quantitative estimate of drug-likeness (QED) is 0.678. The lowest BCUT2D eigenvalue weighted by Crippen LogP contribution is -2.31. The summed E-state index contributed by atoms with van der Waals surface area (Å²) >= 11 is 11.6. The van der Waals surface area contributed by atoms with Gasteiger partial charge in [0.1, 0.15) is 0 Å². The third-order valence-electron chi connectivity index (χ3n) is 4.09. The molecule has 0 bridgehead atoms. The molecule has 0 atom stereocenters. The number of nitrogens with zero attached hydrogens (tertiary/aromatic N) is 5. The van der Waals surface area contributed by atoms with Gasteiger partial charge in [0, 0.05) is 20.3 Å². The highest BCUT2D eigenvalue weighted by atomic mass is 35.5. The average molecular weight is 389 g/mol. The second kappa shape index (κ2) is 7.88. The van der Waals surface area contributed by atoms with Gasteiger partial charge in [0.25, 0.3) is 0 Å². The number of aryl methyl sites for hydroxylation is 2. The van der Waals surface area contributed by atoms with E-state index < -0.39 is 0 Å². The van der Waals surface area contributed by atoms with E-state index in [9.17, 15) is 0 Å². The van der Waals surface area contributed by atoms with Gasteiger partial charge < -0.3 is 10.2 Å². The first-order chi connectivity index (χ1) is 12.4. The molecule has 0 radical (unpaired) electrons. The van der Waals surface area contributed by atoms with Crippen LogP contribution in [0.1, 0.15) is 16.8 Å². The molecule has 0 fully saturated rings. The van der Waals surface area contributed by atoms with Crippen LogP contribution in [0, 0.1) is 6.92 Å². The minimum atomic E-state index is 0.568. The summed E-state index contributed by atoms with van der Waals surface area (Å²) < 4.78 is 3.63. The van der Waals surface area contributed by atoms with E-state index in [0.717, 1.165) is 17.9 Å². The Morgan fingerprint density at radius 2 is 1.96 bits per heavy atom. The van der Waals surface area contributed by atoms with Crippen molar-refractivity contribution in [1.29, 1.82) is 0 Å². The minimum Gasteiger partial charge on any atom is -0.346 e. The van der Waals surface area contributed by atoms with Crippen molar-refractivity contribution in [1.82, 2.24) is 24.5 Å². The van der Waals surface area contributed by atoms with E-state index in [2.05, 4.69) is 46.7 Å². The molecule has 136 valence electrons. The van der Waals surface area contributed by atoms with Gasteiger partial charge in [-0.3, -0.25) is 9.36 Å². The number of hydrogen-bond donors (Lipinski definition) is 1. The second-order valence-electron chi connectivity index (χ2n) is 6.26. The smallest absolute Gasteiger partial charge is 0.173 e. The van der Waals surface area contributed by atoms with Gasteiger partial charge in [-0.2, -0.15) is 10.2 Å². The number of halogens is 1. The van der Waals surface area contributed by atoms with Gasteiger partial charge in [-0.25, -0.2) is 0 Å². The summed E-state index contributed by atoms with van der Waals surface area (Å²) in [6.45, 7) is 3.36. The monoisotopic (exact) mass is 388 g/mol. The highest BCUT2D eigenvalue weighted by Gasteiger charge is 2.12. The SMILES string of the molecule is Cc1ccc(Cn2cc(NC(=S)N(C)Cc3c(Cl)cnn3C)cn2)cc1. The predicted molar refractivity (Wildman–Crippen MR) is 108 cm³/mol. The number of nitrogens with one attached hydrogen (secondary N) is 1. The summed E-state index contributed by atoms with van der Waals surface area (Å²) in [5.74, 6) is 0. The maximum absolute atomic E-state index is 6.16. The van der Waals surface area contributed by atoms with Crippen LogP contribution in [0.4, 0.5) is 5.69 Å². The molecule has 1 N–H and O–H groups in total. The molecule has 3 aromatic rings. The van der Waals surface area contributed by atoms with Crippen molar-refractivity contribution in [3.8, 4) is 0 Å². The fraction of sp³-hybridized carbons (Fsp3) is 0.278. The summed E-state index contributed by atoms with van der Waals surface area (Å²) in [5, 5.41) is 13.0. The van der Waals surface area contributed by atoms with Gasteiger partial charge in [0.2, 0.25) is 0 Å². The van der Waals surface area contributed by atoms with Crippen LogP contribution in [0.25, 0.3) is 0 Å². The molecule has 0 aliphatic heterocycles. The fourth-order valence-electron chi connectivity index (χ4n) is 2.52. The average Bonchev–Trinajstić information content (AvgIpc) is 3.18. The molecule has 26 heavy (non-hydrogen) atoms. The van der Waals surface area contributed by atoms with Crippen LogP contribution < -0.4 is 5.32 Å². The normalized spacial score (nSPS) is 10.8. The van der Waals surface area contributed by atoms with E-state index in [-0.39, 0.29) is 0 Å². The molecule has 0 aliphatic carbocycles. The highest BCUT2D eigenvalue weighted by Crippen LogP contribution is 2.16. The molecule has 0 amide bonds. The molecule has 0 aliphatic rings. The lowest BCUT2D eigenvalue weighted by Gasteiger charge is -2.20. The van der Waals surface area contributed by atoms with Crippen LogP contribution >= 0.6 is 23.8 Å². The fourth-order valence-corrected chi connectivity index (χ4v) is 2.93. The number of rotatable bonds is 5. The van der Waals surface area contributed by atoms with Crippen LogP contribution in [0.3, 0.4) is 0 Å². The molecule has 6 nitrogen and oxygen atoms in total. The van der Waals surface area contributed by atoms with Gasteiger partial charge in [-0.1, -0.05) is 41.4 Å². The molecule has 1 aromatic carbocycles. The molecule has 3 rings (SSSR count). The van der Waals surface area contributed by atoms with E-state index in [0.29, 0.717) is 16.7 Å². The highest BCUT2D eigenvalue weighted by molar-refractivity contribution is 7.80. The zero-order chi connectivity index (χ0) is 18.7. The van der Waals surface area contributed by atoms with Crippen LogP contribution in [0.2, 0.25) is 5.02 Å². The first-order valence-corrected chi connectivity index (χ1v) is 8.97. The van der Waals surface area contributed by atoms with E-state index in [4.69, 9.17) is 23.8 Å². The number of thiocarbonyl (C=S) groups is 1. The number of hydrogen-bond acceptors (Lipinski definition) is 3. The van der Waals surface area contributed by atoms with Crippen molar-refractivity contribution in [3.63, 3.8) is 0 Å². The Balaban J connectivity index is 1.59. The Morgan fingerprint density at radius 3 is 2.62 bits per heavy atom. The Morgan fingerprint density at radius 1 is 1.23 bits per heavy atom. The molecule has 0 saturated heterocycles. The van der Waals surface area contributed by atoms with E-state index in [1.165, 1.54) is 11.1 Å². The third-order valence-corrected chi connectivity index (χ3v) is 4.82. The predicted octanol–water partition coefficient (Wildman–Crippen LogP) is 3.46. The van der Waals surface area contributed by atoms with Crippen LogP contribution in [0.15, 0.2) is 42.9 Å². The van der Waals surface area contributed by atoms with Crippen molar-refractivity contribution < 1.29 is 0 Å². The maximum atomic E-state index is 6.16. The van der Waals surface area contributed by atoms with Gasteiger partial charge in [-0.15, -0.1) is 0 Å². The van der Waals surface area contributed by atoms with Gasteiger partial charge in [-0.05, 0) is 24.7 Å². The van der Waals surface area contributed by atoms with Crippen molar-refractivity contribution in [2.45, 2.75) is 20.0 Å². The molecular formula is C18H21ClN6S. The van der Waals surface area contributed by atoms with Crippen molar-refractivity contribution in [2.75, 3.05) is 12.4 Å². The second-order valence-corrected chi connectivity index (χ2v) is 7.06. The Bertz CT molecular complexity index is 879. The van der Waals surface area contributed by atoms with Crippen LogP contribution in [-0.2, 0) is 20.1 Å². The number of anilines is 1. The lowest BCUT2D eigenvalue weighted by atomic mass is 10.1. The van der Waals surface area contributed by atoms with Crippen LogP contribution in [0.5, 0.6) is 0 Å². The van der Waals surface area contributed by atoms with Crippen molar-refractivity contribution in [2.24, 2.45) is 7.05 Å². The summed E-state index contributed by atoms with van der Waals surface area (Å²) in [4.78, 5) is 1.91. The Kier molecular flexibility index (Phi) is 5.58. The molecule has 0 unspecified atom stereocenters. The summed E-state index contributed by atoms with van der Waals surface area (Å²) in [6.07, 6.45) is 5.35. The van der Waals surface area contributed by atoms with Crippen molar-refractivity contribution in [3.05, 3.63) is 64.7 Å². The molecule has 8 heteroatoms. The molecule has 2 aromatic heterocycles. The van der Waals surface area contributed by atoms with Crippen LogP contribution in [-0.4, -0.2) is 36.6 Å². The number of benzene rings is 1. The Labute approximate surface area is 163 Å². The molecule has 0 saturated carbocycles. The summed E-state index contributed by atoms with van der Waals surface area (Å²) in [7, 11) is 3.77. The summed E-state index contributed by atoms with van der Waals surface area (Å²) in [5.41, 5.74) is 4.22. The Hall–Kier alpha value is -2.38. The number of aromatic nitrogens is 4. The standard InChI is InChI=1S/C18H21ClN6S/c1-13-4-6-14(7-5-13)10-25-11-15(8-21-25)22-18(26)23(2)12-17-16(19)9-20-24(17)3/h4-9,11H,10,12H2,1-3H3,(H,22,26). The van der Waals surface area contributed by atoms with E-state index in [1.807, 2.05) is 29.9 Å². The first kappa shape index (κ1) is 18.4. The first-order valence-electron chi connectivity index (χ1n) is 8.19. The van der Waals surface area contributed by atoms with E-state index in [1.54, 1.807) is 17.1 Å². The lowest BCUT2D eigenvalue weighted by molar-refractivity contribution is 0.482. The topological polar surface area (TPSA) is 50.9 Å². The van der Waals surface area contributed by atoms with Crippen molar-refractivity contribution >= 4 is 34.6 Å². The van der Waals surface area contributed by atoms with Gasteiger partial charge in [0.15, 0.2) is 5.11 Å².